The quantitative estimate of drug-likeness (QED) is 0.200. The van der Waals surface area contributed by atoms with E-state index in [1.165, 1.54) is 12.4 Å². The van der Waals surface area contributed by atoms with Gasteiger partial charge < -0.3 is 9.26 Å². The van der Waals surface area contributed by atoms with Crippen molar-refractivity contribution in [3.8, 4) is 28.5 Å². The van der Waals surface area contributed by atoms with E-state index < -0.39 is 6.85 Å². The van der Waals surface area contributed by atoms with Gasteiger partial charge in [0.1, 0.15) is 23.2 Å². The third-order valence-corrected chi connectivity index (χ3v) is 6.51. The molecule has 0 saturated carbocycles. The molecule has 0 aliphatic carbocycles. The van der Waals surface area contributed by atoms with Crippen molar-refractivity contribution in [3.63, 3.8) is 0 Å². The number of hydrogen-bond donors (Lipinski definition) is 0. The van der Waals surface area contributed by atoms with Gasteiger partial charge in [0.2, 0.25) is 0 Å². The number of fused-ring (bicyclic) bond motifs is 2. The Morgan fingerprint density at radius 2 is 1.81 bits per heavy atom. The van der Waals surface area contributed by atoms with Gasteiger partial charge in [-0.05, 0) is 55.7 Å². The molecule has 6 aromatic rings. The van der Waals surface area contributed by atoms with E-state index in [1.807, 2.05) is 62.5 Å². The summed E-state index contributed by atoms with van der Waals surface area (Å²) in [6.07, 6.45) is 2.66. The first-order valence-corrected chi connectivity index (χ1v) is 11.5. The van der Waals surface area contributed by atoms with Gasteiger partial charge in [0.05, 0.1) is 25.4 Å². The Balaban J connectivity index is 1.64. The number of aryl methyl sites for hydroxylation is 3. The van der Waals surface area contributed by atoms with Gasteiger partial charge in [-0.1, -0.05) is 30.8 Å². The molecule has 0 N–H and O–H groups in total. The summed E-state index contributed by atoms with van der Waals surface area (Å²) in [5.41, 5.74) is 5.84. The van der Waals surface area contributed by atoms with Crippen LogP contribution in [0, 0.1) is 26.9 Å². The zero-order valence-electron chi connectivity index (χ0n) is 23.0. The van der Waals surface area contributed by atoms with Crippen molar-refractivity contribution in [2.75, 3.05) is 0 Å². The van der Waals surface area contributed by atoms with E-state index in [9.17, 15) is 0 Å². The first kappa shape index (κ1) is 19.0. The molecule has 0 amide bonds. The summed E-state index contributed by atoms with van der Waals surface area (Å²) in [6.45, 7) is 13.9. The molecule has 0 saturated heterocycles. The number of nitrogens with zero attached hydrogens (tertiary/aromatic N) is 6. The zero-order chi connectivity index (χ0) is 28.2. The second-order valence-corrected chi connectivity index (χ2v) is 8.68. The molecule has 37 heavy (non-hydrogen) atoms. The fourth-order valence-electron chi connectivity index (χ4n) is 4.72. The Kier molecular flexibility index (Phi) is 4.33. The van der Waals surface area contributed by atoms with E-state index in [1.54, 1.807) is 12.1 Å². The molecule has 7 heteroatoms. The Bertz CT molecular complexity index is 2020. The van der Waals surface area contributed by atoms with Crippen molar-refractivity contribution in [2.45, 2.75) is 13.8 Å². The van der Waals surface area contributed by atoms with Gasteiger partial charge in [-0.3, -0.25) is 4.98 Å². The topological polar surface area (TPSA) is 56.5 Å². The molecule has 6 rings (SSSR count). The standard InChI is InChI=1S/C30H21N6O/c1-18-14-23-19(2)29(24-16-34-28(32-4)17-33-24)37-27(23)15-22(18)30-35(5)25-8-6-7-9-26(25)36(30)21-12-10-20(31-3)11-13-21/h6-17H,1-2,5H3/q+1/i2D3. The van der Waals surface area contributed by atoms with Gasteiger partial charge in [0, 0.05) is 15.1 Å². The molecule has 0 spiro atoms. The Hall–Kier alpha value is -5.27. The highest BCUT2D eigenvalue weighted by molar-refractivity contribution is 5.91. The smallest absolute Gasteiger partial charge is 0.295 e. The molecular formula is C30H21N6O+. The van der Waals surface area contributed by atoms with Crippen LogP contribution in [0.4, 0.5) is 11.5 Å². The van der Waals surface area contributed by atoms with Crippen LogP contribution in [0.3, 0.4) is 0 Å². The summed E-state index contributed by atoms with van der Waals surface area (Å²) >= 11 is 0. The molecule has 0 aliphatic rings. The summed E-state index contributed by atoms with van der Waals surface area (Å²) < 4.78 is 35.2. The first-order valence-electron chi connectivity index (χ1n) is 13.0. The van der Waals surface area contributed by atoms with Crippen LogP contribution < -0.4 is 4.57 Å². The normalized spacial score (nSPS) is 12.6. The van der Waals surface area contributed by atoms with Crippen LogP contribution in [-0.4, -0.2) is 14.5 Å². The average Bonchev–Trinajstić information content (AvgIpc) is 3.48. The van der Waals surface area contributed by atoms with Crippen molar-refractivity contribution in [1.29, 1.82) is 0 Å². The highest BCUT2D eigenvalue weighted by Crippen LogP contribution is 2.37. The number of imidazole rings is 1. The SMILES string of the molecule is [2H]C([2H])([2H])c1c(-c2cnc([N+]#[C-])cn2)oc2cc(-c3n(-c4ccc([N+]#[C-])cc4)c4ccccc4[n+]3C)c(C)cc12. The molecular weight excluding hydrogens is 460 g/mol. The van der Waals surface area contributed by atoms with Crippen LogP contribution in [0.15, 0.2) is 77.5 Å². The predicted molar refractivity (Wildman–Crippen MR) is 143 cm³/mol. The van der Waals surface area contributed by atoms with Gasteiger partial charge in [-0.15, -0.1) is 4.98 Å². The van der Waals surface area contributed by atoms with Crippen molar-refractivity contribution < 1.29 is 13.1 Å². The number of aromatic nitrogens is 4. The maximum absolute atomic E-state index is 8.26. The van der Waals surface area contributed by atoms with E-state index in [-0.39, 0.29) is 22.8 Å². The van der Waals surface area contributed by atoms with Crippen LogP contribution in [0.25, 0.3) is 60.2 Å². The molecule has 3 aromatic carbocycles. The zero-order valence-corrected chi connectivity index (χ0v) is 20.0. The molecule has 0 radical (unpaired) electrons. The van der Waals surface area contributed by atoms with Crippen molar-refractivity contribution >= 4 is 33.5 Å². The maximum atomic E-state index is 8.26. The molecule has 0 fully saturated rings. The lowest BCUT2D eigenvalue weighted by atomic mass is 10.0. The van der Waals surface area contributed by atoms with E-state index in [0.717, 1.165) is 33.7 Å². The van der Waals surface area contributed by atoms with Crippen LogP contribution >= 0.6 is 0 Å². The molecule has 176 valence electrons. The van der Waals surface area contributed by atoms with E-state index in [4.69, 9.17) is 21.7 Å². The van der Waals surface area contributed by atoms with Crippen LogP contribution in [-0.2, 0) is 7.05 Å². The highest BCUT2D eigenvalue weighted by Gasteiger charge is 2.28. The molecule has 3 heterocycles. The fourth-order valence-corrected chi connectivity index (χ4v) is 4.72. The summed E-state index contributed by atoms with van der Waals surface area (Å²) in [7, 11) is 1.99. The molecule has 0 bridgehead atoms. The number of hydrogen-bond acceptors (Lipinski definition) is 3. The third-order valence-electron chi connectivity index (χ3n) is 6.51. The number of para-hydroxylation sites is 2. The minimum atomic E-state index is -2.47. The van der Waals surface area contributed by atoms with Crippen molar-refractivity contribution in [2.24, 2.45) is 7.05 Å². The van der Waals surface area contributed by atoms with Crippen LogP contribution in [0.2, 0.25) is 0 Å². The molecule has 0 aliphatic heterocycles. The minimum Gasteiger partial charge on any atom is -0.454 e. The summed E-state index contributed by atoms with van der Waals surface area (Å²) in [4.78, 5) is 15.1. The third kappa shape index (κ3) is 3.45. The van der Waals surface area contributed by atoms with Crippen LogP contribution in [0.1, 0.15) is 15.2 Å². The lowest BCUT2D eigenvalue weighted by Crippen LogP contribution is -2.30. The number of furan rings is 1. The van der Waals surface area contributed by atoms with Crippen molar-refractivity contribution in [3.05, 3.63) is 107 Å². The fraction of sp³-hybridized carbons (Fsp3) is 0.100. The first-order chi connectivity index (χ1) is 19.2. The Morgan fingerprint density at radius 3 is 2.51 bits per heavy atom. The largest absolute Gasteiger partial charge is 0.454 e. The van der Waals surface area contributed by atoms with Crippen LogP contribution in [0.5, 0.6) is 0 Å². The van der Waals surface area contributed by atoms with E-state index in [2.05, 4.69) is 28.8 Å². The van der Waals surface area contributed by atoms with E-state index >= 15 is 0 Å². The molecule has 3 aromatic heterocycles. The second kappa shape index (κ2) is 8.44. The Labute approximate surface area is 217 Å². The van der Waals surface area contributed by atoms with Gasteiger partial charge in [0.15, 0.2) is 22.5 Å². The molecule has 0 unspecified atom stereocenters. The lowest BCUT2D eigenvalue weighted by molar-refractivity contribution is -0.633. The van der Waals surface area contributed by atoms with Gasteiger partial charge in [-0.25, -0.2) is 9.41 Å². The highest BCUT2D eigenvalue weighted by atomic mass is 16.3. The van der Waals surface area contributed by atoms with Gasteiger partial charge >= 0.3 is 0 Å². The summed E-state index contributed by atoms with van der Waals surface area (Å²) in [5.74, 6) is 1.08. The summed E-state index contributed by atoms with van der Waals surface area (Å²) in [5, 5.41) is 0.471. The molecule has 7 nitrogen and oxygen atoms in total. The van der Waals surface area contributed by atoms with Gasteiger partial charge in [0.25, 0.3) is 11.6 Å². The maximum Gasteiger partial charge on any atom is 0.295 e. The van der Waals surface area contributed by atoms with E-state index in [0.29, 0.717) is 16.7 Å². The number of benzene rings is 3. The Morgan fingerprint density at radius 1 is 1.00 bits per heavy atom. The lowest BCUT2D eigenvalue weighted by Gasteiger charge is -2.07. The second-order valence-electron chi connectivity index (χ2n) is 8.68. The minimum absolute atomic E-state index is 0.0571. The molecule has 0 atom stereocenters. The predicted octanol–water partition coefficient (Wildman–Crippen LogP) is 7.04. The van der Waals surface area contributed by atoms with Gasteiger partial charge in [-0.2, -0.15) is 4.57 Å². The average molecular weight is 485 g/mol. The number of rotatable bonds is 3. The summed E-state index contributed by atoms with van der Waals surface area (Å²) in [6, 6.07) is 19.2. The monoisotopic (exact) mass is 484 g/mol. The van der Waals surface area contributed by atoms with Crippen molar-refractivity contribution in [1.82, 2.24) is 14.5 Å².